The van der Waals surface area contributed by atoms with Crippen molar-refractivity contribution in [2.45, 2.75) is 30.4 Å². The minimum Gasteiger partial charge on any atom is -0.399 e. The van der Waals surface area contributed by atoms with Gasteiger partial charge in [0.1, 0.15) is 5.25 Å². The maximum absolute atomic E-state index is 12.7. The Morgan fingerprint density at radius 2 is 1.78 bits per heavy atom. The highest BCUT2D eigenvalue weighted by atomic mass is 32.2. The molecule has 0 spiro atoms. The average Bonchev–Trinajstić information content (AvgIpc) is 2.59. The van der Waals surface area contributed by atoms with Gasteiger partial charge in [0.25, 0.3) is 0 Å². The third-order valence-electron chi connectivity index (χ3n) is 3.80. The molecule has 2 aromatic rings. The summed E-state index contributed by atoms with van der Waals surface area (Å²) in [5, 5.41) is 2.82. The number of rotatable bonds is 7. The molecule has 0 aromatic heterocycles. The molecule has 0 saturated heterocycles. The van der Waals surface area contributed by atoms with E-state index in [-0.39, 0.29) is 11.2 Å². The first kappa shape index (κ1) is 17.4. The van der Waals surface area contributed by atoms with Gasteiger partial charge in [-0.1, -0.05) is 50.6 Å². The molecule has 0 saturated carbocycles. The number of hydrogen-bond donors (Lipinski definition) is 2. The summed E-state index contributed by atoms with van der Waals surface area (Å²) < 4.78 is 0. The molecule has 2 aromatic carbocycles. The Balaban J connectivity index is 2.15. The second-order valence-corrected chi connectivity index (χ2v) is 6.91. The third kappa shape index (κ3) is 5.32. The van der Waals surface area contributed by atoms with Crippen LogP contribution in [0.15, 0.2) is 59.5 Å². The first-order valence-electron chi connectivity index (χ1n) is 7.95. The Bertz CT molecular complexity index is 613. The lowest BCUT2D eigenvalue weighted by atomic mass is 10.1. The Morgan fingerprint density at radius 1 is 1.13 bits per heavy atom. The molecule has 0 aliphatic heterocycles. The summed E-state index contributed by atoms with van der Waals surface area (Å²) in [6.45, 7) is 4.99. The van der Waals surface area contributed by atoms with Crippen molar-refractivity contribution in [3.05, 3.63) is 60.2 Å². The maximum Gasteiger partial charge on any atom is 0.238 e. The van der Waals surface area contributed by atoms with E-state index in [9.17, 15) is 4.79 Å². The van der Waals surface area contributed by atoms with Crippen molar-refractivity contribution in [1.82, 2.24) is 5.32 Å². The van der Waals surface area contributed by atoms with Crippen LogP contribution in [0.5, 0.6) is 0 Å². The number of carbonyl (C=O) groups excluding carboxylic acids is 1. The molecule has 1 amide bonds. The van der Waals surface area contributed by atoms with Gasteiger partial charge in [-0.05, 0) is 35.7 Å². The predicted molar refractivity (Wildman–Crippen MR) is 98.4 cm³/mol. The lowest BCUT2D eigenvalue weighted by Crippen LogP contribution is -2.31. The van der Waals surface area contributed by atoms with Crippen LogP contribution in [0.25, 0.3) is 0 Å². The molecule has 0 aliphatic rings. The summed E-state index contributed by atoms with van der Waals surface area (Å²) in [4.78, 5) is 13.7. The van der Waals surface area contributed by atoms with Crippen LogP contribution in [0, 0.1) is 5.92 Å². The van der Waals surface area contributed by atoms with Crippen molar-refractivity contribution in [2.75, 3.05) is 12.3 Å². The number of amides is 1. The zero-order chi connectivity index (χ0) is 16.7. The van der Waals surface area contributed by atoms with E-state index in [4.69, 9.17) is 5.73 Å². The van der Waals surface area contributed by atoms with E-state index in [0.29, 0.717) is 12.5 Å². The molecule has 0 heterocycles. The van der Waals surface area contributed by atoms with Gasteiger partial charge in [0.15, 0.2) is 0 Å². The molecule has 2 unspecified atom stereocenters. The zero-order valence-electron chi connectivity index (χ0n) is 13.7. The number of hydrogen-bond acceptors (Lipinski definition) is 3. The minimum atomic E-state index is -0.260. The second-order valence-electron chi connectivity index (χ2n) is 5.74. The van der Waals surface area contributed by atoms with Crippen molar-refractivity contribution in [1.29, 1.82) is 0 Å². The fourth-order valence-corrected chi connectivity index (χ4v) is 3.14. The number of nitrogens with two attached hydrogens (primary N) is 1. The van der Waals surface area contributed by atoms with Gasteiger partial charge in [-0.15, -0.1) is 11.8 Å². The smallest absolute Gasteiger partial charge is 0.238 e. The molecule has 0 bridgehead atoms. The van der Waals surface area contributed by atoms with E-state index in [2.05, 4.69) is 19.2 Å². The Morgan fingerprint density at radius 3 is 2.39 bits per heavy atom. The fraction of sp³-hybridized carbons (Fsp3) is 0.316. The van der Waals surface area contributed by atoms with E-state index in [1.54, 1.807) is 11.8 Å². The largest absolute Gasteiger partial charge is 0.399 e. The summed E-state index contributed by atoms with van der Waals surface area (Å²) >= 11 is 1.55. The quantitative estimate of drug-likeness (QED) is 0.589. The lowest BCUT2D eigenvalue weighted by molar-refractivity contribution is -0.120. The van der Waals surface area contributed by atoms with Gasteiger partial charge in [0.05, 0.1) is 0 Å². The zero-order valence-corrected chi connectivity index (χ0v) is 14.5. The Kier molecular flexibility index (Phi) is 6.53. The van der Waals surface area contributed by atoms with E-state index in [1.807, 2.05) is 54.6 Å². The van der Waals surface area contributed by atoms with E-state index in [1.165, 1.54) is 0 Å². The molecular formula is C19H24N2OS. The van der Waals surface area contributed by atoms with Gasteiger partial charge in [-0.3, -0.25) is 4.79 Å². The van der Waals surface area contributed by atoms with Crippen LogP contribution in [0.2, 0.25) is 0 Å². The third-order valence-corrected chi connectivity index (χ3v) is 5.06. The Labute approximate surface area is 142 Å². The summed E-state index contributed by atoms with van der Waals surface area (Å²) in [6.07, 6.45) is 1.06. The highest BCUT2D eigenvalue weighted by Crippen LogP contribution is 2.35. The van der Waals surface area contributed by atoms with Gasteiger partial charge in [-0.2, -0.15) is 0 Å². The molecule has 4 heteroatoms. The number of anilines is 1. The number of benzene rings is 2. The summed E-state index contributed by atoms with van der Waals surface area (Å²) in [5.74, 6) is 0.537. The van der Waals surface area contributed by atoms with Gasteiger partial charge in [0.2, 0.25) is 5.91 Å². The lowest BCUT2D eigenvalue weighted by Gasteiger charge is -2.18. The van der Waals surface area contributed by atoms with E-state index < -0.39 is 0 Å². The van der Waals surface area contributed by atoms with Crippen molar-refractivity contribution in [3.8, 4) is 0 Å². The molecule has 0 radical (unpaired) electrons. The highest BCUT2D eigenvalue weighted by Gasteiger charge is 2.22. The van der Waals surface area contributed by atoms with Crippen molar-refractivity contribution < 1.29 is 4.79 Å². The van der Waals surface area contributed by atoms with Crippen LogP contribution in [-0.2, 0) is 4.79 Å². The number of carbonyl (C=O) groups is 1. The molecule has 3 nitrogen and oxygen atoms in total. The monoisotopic (exact) mass is 328 g/mol. The van der Waals surface area contributed by atoms with Crippen molar-refractivity contribution in [3.63, 3.8) is 0 Å². The first-order chi connectivity index (χ1) is 11.1. The van der Waals surface area contributed by atoms with Crippen LogP contribution in [0.3, 0.4) is 0 Å². The normalized spacial score (nSPS) is 13.3. The highest BCUT2D eigenvalue weighted by molar-refractivity contribution is 8.00. The SMILES string of the molecule is CCC(C)CNC(=O)C(Sc1ccc(N)cc1)c1ccccc1. The number of thioether (sulfide) groups is 1. The fourth-order valence-electron chi connectivity index (χ4n) is 2.10. The van der Waals surface area contributed by atoms with Crippen LogP contribution < -0.4 is 11.1 Å². The van der Waals surface area contributed by atoms with Gasteiger partial charge < -0.3 is 11.1 Å². The molecule has 2 atom stereocenters. The summed E-state index contributed by atoms with van der Waals surface area (Å²) in [6, 6.07) is 17.5. The molecule has 122 valence electrons. The standard InChI is InChI=1S/C19H24N2OS/c1-3-14(2)13-21-19(22)18(15-7-5-4-6-8-15)23-17-11-9-16(20)10-12-17/h4-12,14,18H,3,13,20H2,1-2H3,(H,21,22). The van der Waals surface area contributed by atoms with Crippen molar-refractivity contribution >= 4 is 23.4 Å². The molecule has 23 heavy (non-hydrogen) atoms. The summed E-state index contributed by atoms with van der Waals surface area (Å²) in [7, 11) is 0. The van der Waals surface area contributed by atoms with E-state index in [0.717, 1.165) is 22.6 Å². The molecule has 2 rings (SSSR count). The summed E-state index contributed by atoms with van der Waals surface area (Å²) in [5.41, 5.74) is 7.47. The Hall–Kier alpha value is -1.94. The van der Waals surface area contributed by atoms with Crippen LogP contribution in [0.1, 0.15) is 31.1 Å². The second kappa shape index (κ2) is 8.63. The topological polar surface area (TPSA) is 55.1 Å². The van der Waals surface area contributed by atoms with Crippen LogP contribution in [0.4, 0.5) is 5.69 Å². The average molecular weight is 328 g/mol. The number of nitrogens with one attached hydrogen (secondary N) is 1. The van der Waals surface area contributed by atoms with Crippen LogP contribution in [-0.4, -0.2) is 12.5 Å². The first-order valence-corrected chi connectivity index (χ1v) is 8.83. The van der Waals surface area contributed by atoms with Gasteiger partial charge in [0, 0.05) is 17.1 Å². The number of nitrogen functional groups attached to an aromatic ring is 1. The molecule has 3 N–H and O–H groups in total. The van der Waals surface area contributed by atoms with E-state index >= 15 is 0 Å². The minimum absolute atomic E-state index is 0.0540. The molecule has 0 aliphatic carbocycles. The van der Waals surface area contributed by atoms with Crippen LogP contribution >= 0.6 is 11.8 Å². The molecule has 0 fully saturated rings. The van der Waals surface area contributed by atoms with Crippen molar-refractivity contribution in [2.24, 2.45) is 5.92 Å². The van der Waals surface area contributed by atoms with Gasteiger partial charge in [-0.25, -0.2) is 0 Å². The maximum atomic E-state index is 12.7. The molecular weight excluding hydrogens is 304 g/mol. The van der Waals surface area contributed by atoms with Gasteiger partial charge >= 0.3 is 0 Å². The predicted octanol–water partition coefficient (Wildman–Crippen LogP) is 4.26.